The number of amides is 1. The van der Waals surface area contributed by atoms with Crippen LogP contribution in [0.4, 0.5) is 5.82 Å². The summed E-state index contributed by atoms with van der Waals surface area (Å²) in [5, 5.41) is 13.4. The van der Waals surface area contributed by atoms with Crippen LogP contribution in [0.5, 0.6) is 0 Å². The highest BCUT2D eigenvalue weighted by Crippen LogP contribution is 2.28. The van der Waals surface area contributed by atoms with Crippen molar-refractivity contribution in [3.8, 4) is 6.07 Å². The minimum atomic E-state index is -0.244. The number of hydrogen-bond donors (Lipinski definition) is 2. The van der Waals surface area contributed by atoms with Gasteiger partial charge in [-0.3, -0.25) is 14.8 Å². The molecule has 0 aliphatic rings. The predicted octanol–water partition coefficient (Wildman–Crippen LogP) is 4.34. The van der Waals surface area contributed by atoms with E-state index in [2.05, 4.69) is 44.5 Å². The van der Waals surface area contributed by atoms with Crippen molar-refractivity contribution in [2.24, 2.45) is 0 Å². The van der Waals surface area contributed by atoms with Gasteiger partial charge in [-0.05, 0) is 67.6 Å². The van der Waals surface area contributed by atoms with Gasteiger partial charge in [-0.25, -0.2) is 4.98 Å². The van der Waals surface area contributed by atoms with Gasteiger partial charge in [0.15, 0.2) is 0 Å². The summed E-state index contributed by atoms with van der Waals surface area (Å²) in [4.78, 5) is 27.2. The van der Waals surface area contributed by atoms with Crippen LogP contribution >= 0.6 is 11.8 Å². The number of nitrogens with zero attached hydrogens (tertiary/aromatic N) is 4. The first kappa shape index (κ1) is 23.2. The van der Waals surface area contributed by atoms with Crippen LogP contribution < -0.4 is 11.1 Å². The smallest absolute Gasteiger partial charge is 0.251 e. The lowest BCUT2D eigenvalue weighted by Gasteiger charge is -2.11. The fourth-order valence-corrected chi connectivity index (χ4v) is 4.52. The van der Waals surface area contributed by atoms with Crippen molar-refractivity contribution in [3.05, 3.63) is 88.0 Å². The number of nitrogens with two attached hydrogens (primary N) is 1. The molecule has 0 spiro atoms. The number of nitrogens with one attached hydrogen (secondary N) is 1. The van der Waals surface area contributed by atoms with Gasteiger partial charge in [-0.2, -0.15) is 5.26 Å². The van der Waals surface area contributed by atoms with E-state index in [4.69, 9.17) is 5.73 Å². The topological polar surface area (TPSA) is 118 Å². The first-order valence-corrected chi connectivity index (χ1v) is 11.9. The van der Waals surface area contributed by atoms with E-state index in [-0.39, 0.29) is 18.3 Å². The Morgan fingerprint density at radius 2 is 2.00 bits per heavy atom. The van der Waals surface area contributed by atoms with E-state index in [0.29, 0.717) is 28.8 Å². The Hall–Kier alpha value is -3.96. The molecule has 1 aromatic carbocycles. The molecule has 0 saturated carbocycles. The second kappa shape index (κ2) is 9.89. The maximum absolute atomic E-state index is 12.8. The Balaban J connectivity index is 1.54. The van der Waals surface area contributed by atoms with Crippen LogP contribution in [-0.4, -0.2) is 27.1 Å². The quantitative estimate of drug-likeness (QED) is 0.404. The number of carbonyl (C=O) groups is 1. The summed E-state index contributed by atoms with van der Waals surface area (Å²) in [6.07, 6.45) is 6.16. The van der Waals surface area contributed by atoms with Gasteiger partial charge >= 0.3 is 0 Å². The highest BCUT2D eigenvalue weighted by molar-refractivity contribution is 7.98. The molecule has 0 radical (unpaired) electrons. The number of fused-ring (bicyclic) bond motifs is 1. The molecule has 0 unspecified atom stereocenters. The zero-order valence-electron chi connectivity index (χ0n) is 19.2. The molecule has 4 rings (SSSR count). The van der Waals surface area contributed by atoms with Crippen molar-refractivity contribution in [3.63, 3.8) is 0 Å². The maximum atomic E-state index is 12.8. The summed E-state index contributed by atoms with van der Waals surface area (Å²) in [6, 6.07) is 13.5. The van der Waals surface area contributed by atoms with E-state index < -0.39 is 0 Å². The molecule has 34 heavy (non-hydrogen) atoms. The van der Waals surface area contributed by atoms with E-state index in [1.807, 2.05) is 19.4 Å². The molecule has 4 aromatic rings. The molecular formula is C26H24N6OS. The monoisotopic (exact) mass is 468 g/mol. The molecule has 3 N–H and O–H groups in total. The van der Waals surface area contributed by atoms with Crippen molar-refractivity contribution in [1.82, 2.24) is 20.3 Å². The fraction of sp³-hybridized carbons (Fsp3) is 0.192. The van der Waals surface area contributed by atoms with E-state index in [0.717, 1.165) is 32.6 Å². The van der Waals surface area contributed by atoms with Crippen LogP contribution in [0.3, 0.4) is 0 Å². The fourth-order valence-electron chi connectivity index (χ4n) is 3.89. The van der Waals surface area contributed by atoms with Crippen molar-refractivity contribution in [2.75, 3.05) is 12.0 Å². The van der Waals surface area contributed by atoms with Gasteiger partial charge in [0.2, 0.25) is 0 Å². The number of benzene rings is 1. The van der Waals surface area contributed by atoms with Gasteiger partial charge in [-0.1, -0.05) is 0 Å². The summed E-state index contributed by atoms with van der Waals surface area (Å²) >= 11 is 1.66. The SMILES string of the molecule is CSc1cc(Cc2cc(C(=O)NCc3c(C#N)cc(N)nc3C)ccn2)cc2cc(C)cnc12. The molecule has 0 atom stereocenters. The van der Waals surface area contributed by atoms with E-state index in [1.54, 1.807) is 37.0 Å². The predicted molar refractivity (Wildman–Crippen MR) is 135 cm³/mol. The third-order valence-electron chi connectivity index (χ3n) is 5.53. The Bertz CT molecular complexity index is 1440. The molecule has 7 nitrogen and oxygen atoms in total. The first-order chi connectivity index (χ1) is 16.4. The summed E-state index contributed by atoms with van der Waals surface area (Å²) in [5.74, 6) is 0.0408. The van der Waals surface area contributed by atoms with Gasteiger partial charge in [0.05, 0.1) is 17.1 Å². The number of rotatable bonds is 6. The number of carbonyl (C=O) groups excluding carboxylic acids is 1. The number of aryl methyl sites for hydroxylation is 2. The standard InChI is InChI=1S/C26H24N6OS/c1-15-6-19-7-17(9-23(34-3)25(19)30-13-15)8-21-10-18(4-5-29-21)26(33)31-14-22-16(2)32-24(28)11-20(22)12-27/h4-7,9-11,13H,8,14H2,1-3H3,(H2,28,32)(H,31,33). The number of nitrogen functional groups attached to an aromatic ring is 1. The number of hydrogen-bond acceptors (Lipinski definition) is 7. The Morgan fingerprint density at radius 3 is 2.76 bits per heavy atom. The lowest BCUT2D eigenvalue weighted by atomic mass is 10.0. The molecule has 0 aliphatic heterocycles. The van der Waals surface area contributed by atoms with Crippen molar-refractivity contribution < 1.29 is 4.79 Å². The summed E-state index contributed by atoms with van der Waals surface area (Å²) in [7, 11) is 0. The Morgan fingerprint density at radius 1 is 1.18 bits per heavy atom. The molecule has 170 valence electrons. The molecule has 0 bridgehead atoms. The summed E-state index contributed by atoms with van der Waals surface area (Å²) in [6.45, 7) is 3.99. The Kier molecular flexibility index (Phi) is 6.75. The average molecular weight is 469 g/mol. The third-order valence-corrected chi connectivity index (χ3v) is 6.28. The van der Waals surface area contributed by atoms with Crippen LogP contribution in [0, 0.1) is 25.2 Å². The van der Waals surface area contributed by atoms with Crippen LogP contribution in [-0.2, 0) is 13.0 Å². The summed E-state index contributed by atoms with van der Waals surface area (Å²) < 4.78 is 0. The number of aromatic nitrogens is 3. The van der Waals surface area contributed by atoms with E-state index in [1.165, 1.54) is 6.07 Å². The molecule has 1 amide bonds. The minimum absolute atomic E-state index is 0.187. The zero-order valence-corrected chi connectivity index (χ0v) is 20.0. The molecule has 3 aromatic heterocycles. The number of nitriles is 1. The summed E-state index contributed by atoms with van der Waals surface area (Å²) in [5.41, 5.74) is 11.9. The number of thioether (sulfide) groups is 1. The second-order valence-electron chi connectivity index (χ2n) is 8.05. The lowest BCUT2D eigenvalue weighted by Crippen LogP contribution is -2.24. The largest absolute Gasteiger partial charge is 0.384 e. The first-order valence-electron chi connectivity index (χ1n) is 10.7. The van der Waals surface area contributed by atoms with E-state index in [9.17, 15) is 10.1 Å². The second-order valence-corrected chi connectivity index (χ2v) is 8.90. The van der Waals surface area contributed by atoms with Gasteiger partial charge in [-0.15, -0.1) is 11.8 Å². The van der Waals surface area contributed by atoms with Crippen LogP contribution in [0.25, 0.3) is 10.9 Å². The van der Waals surface area contributed by atoms with Gasteiger partial charge in [0.1, 0.15) is 5.82 Å². The lowest BCUT2D eigenvalue weighted by molar-refractivity contribution is 0.0950. The van der Waals surface area contributed by atoms with Crippen molar-refractivity contribution >= 4 is 34.4 Å². The highest BCUT2D eigenvalue weighted by atomic mass is 32.2. The molecular weight excluding hydrogens is 444 g/mol. The number of anilines is 1. The van der Waals surface area contributed by atoms with Crippen molar-refractivity contribution in [2.45, 2.75) is 31.7 Å². The molecule has 8 heteroatoms. The van der Waals surface area contributed by atoms with Gasteiger partial charge < -0.3 is 11.1 Å². The molecule has 0 fully saturated rings. The van der Waals surface area contributed by atoms with Crippen LogP contribution in [0.15, 0.2) is 53.7 Å². The van der Waals surface area contributed by atoms with Gasteiger partial charge in [0, 0.05) is 58.2 Å². The normalized spacial score (nSPS) is 10.8. The maximum Gasteiger partial charge on any atom is 0.251 e. The van der Waals surface area contributed by atoms with Crippen LogP contribution in [0.2, 0.25) is 0 Å². The van der Waals surface area contributed by atoms with E-state index >= 15 is 0 Å². The Labute approximate surface area is 202 Å². The number of pyridine rings is 3. The van der Waals surface area contributed by atoms with Gasteiger partial charge in [0.25, 0.3) is 5.91 Å². The van der Waals surface area contributed by atoms with Crippen molar-refractivity contribution in [1.29, 1.82) is 5.26 Å². The molecule has 3 heterocycles. The molecule has 0 saturated heterocycles. The average Bonchev–Trinajstić information content (AvgIpc) is 2.82. The van der Waals surface area contributed by atoms with Crippen LogP contribution in [0.1, 0.15) is 44.0 Å². The highest BCUT2D eigenvalue weighted by Gasteiger charge is 2.13. The zero-order chi connectivity index (χ0) is 24.2. The molecule has 0 aliphatic carbocycles. The minimum Gasteiger partial charge on any atom is -0.384 e. The third kappa shape index (κ3) is 5.00.